The molecule has 2 nitrogen and oxygen atoms in total. The van der Waals surface area contributed by atoms with E-state index in [9.17, 15) is 13.6 Å². The molecule has 0 aliphatic carbocycles. The number of halogens is 3. The molecule has 16 heavy (non-hydrogen) atoms. The van der Waals surface area contributed by atoms with Gasteiger partial charge >= 0.3 is 0 Å². The minimum absolute atomic E-state index is 0.262. The van der Waals surface area contributed by atoms with Crippen LogP contribution in [-0.4, -0.2) is 12.3 Å². The van der Waals surface area contributed by atoms with E-state index in [0.29, 0.717) is 5.02 Å². The first-order chi connectivity index (χ1) is 7.54. The van der Waals surface area contributed by atoms with E-state index in [1.54, 1.807) is 12.1 Å². The molecule has 86 valence electrons. The molecule has 1 N–H and O–H groups in total. The van der Waals surface area contributed by atoms with Crippen LogP contribution in [0.1, 0.15) is 11.6 Å². The quantitative estimate of drug-likeness (QED) is 0.812. The van der Waals surface area contributed by atoms with Gasteiger partial charge in [-0.05, 0) is 23.8 Å². The van der Waals surface area contributed by atoms with Crippen LogP contribution in [0.2, 0.25) is 5.02 Å². The molecule has 0 radical (unpaired) electrons. The normalized spacial score (nSPS) is 12.2. The van der Waals surface area contributed by atoms with Gasteiger partial charge in [0.05, 0.1) is 0 Å². The van der Waals surface area contributed by atoms with Gasteiger partial charge < -0.3 is 5.32 Å². The van der Waals surface area contributed by atoms with E-state index in [2.05, 4.69) is 11.9 Å². The Bertz CT molecular complexity index is 395. The molecule has 0 bridgehead atoms. The summed E-state index contributed by atoms with van der Waals surface area (Å²) in [5.74, 6) is -0.648. The first-order valence-corrected chi connectivity index (χ1v) is 4.89. The van der Waals surface area contributed by atoms with E-state index >= 15 is 0 Å². The molecule has 1 amide bonds. The molecule has 0 aliphatic heterocycles. The number of carbonyl (C=O) groups is 1. The highest BCUT2D eigenvalue weighted by atomic mass is 35.5. The first kappa shape index (κ1) is 12.6. The molecule has 1 rings (SSSR count). The average molecular weight is 246 g/mol. The second kappa shape index (κ2) is 5.61. The topological polar surface area (TPSA) is 29.1 Å². The predicted octanol–water partition coefficient (Wildman–Crippen LogP) is 2.95. The summed E-state index contributed by atoms with van der Waals surface area (Å²) < 4.78 is 25.4. The van der Waals surface area contributed by atoms with Crippen molar-refractivity contribution in [3.63, 3.8) is 0 Å². The number of rotatable bonds is 4. The lowest BCUT2D eigenvalue weighted by Gasteiger charge is -2.17. The summed E-state index contributed by atoms with van der Waals surface area (Å²) in [7, 11) is 0. The molecule has 1 atom stereocenters. The van der Waals surface area contributed by atoms with Crippen LogP contribution < -0.4 is 5.32 Å². The molecule has 0 spiro atoms. The molecule has 1 aromatic carbocycles. The SMILES string of the molecule is C=CC(=O)N[C@H](c1cccc(Cl)c1)C(F)F. The number of hydrogen-bond acceptors (Lipinski definition) is 1. The third-order valence-electron chi connectivity index (χ3n) is 1.94. The summed E-state index contributed by atoms with van der Waals surface area (Å²) in [5.41, 5.74) is 0.262. The Morgan fingerprint density at radius 3 is 2.69 bits per heavy atom. The summed E-state index contributed by atoms with van der Waals surface area (Å²) in [6.45, 7) is 3.20. The van der Waals surface area contributed by atoms with Crippen molar-refractivity contribution in [1.29, 1.82) is 0 Å². The summed E-state index contributed by atoms with van der Waals surface area (Å²) in [4.78, 5) is 11.0. The molecule has 0 aromatic heterocycles. The Morgan fingerprint density at radius 1 is 1.50 bits per heavy atom. The van der Waals surface area contributed by atoms with Crippen molar-refractivity contribution in [3.8, 4) is 0 Å². The Morgan fingerprint density at radius 2 is 2.19 bits per heavy atom. The van der Waals surface area contributed by atoms with Crippen LogP contribution in [0.15, 0.2) is 36.9 Å². The van der Waals surface area contributed by atoms with Crippen molar-refractivity contribution in [2.75, 3.05) is 0 Å². The van der Waals surface area contributed by atoms with Crippen LogP contribution in [0.25, 0.3) is 0 Å². The van der Waals surface area contributed by atoms with E-state index in [1.165, 1.54) is 12.1 Å². The zero-order chi connectivity index (χ0) is 12.1. The highest BCUT2D eigenvalue weighted by molar-refractivity contribution is 6.30. The molecule has 0 heterocycles. The standard InChI is InChI=1S/C11H10ClF2NO/c1-2-9(16)15-10(11(13)14)7-4-3-5-8(12)6-7/h2-6,10-11H,1H2,(H,15,16)/t10-/m1/s1. The van der Waals surface area contributed by atoms with Crippen molar-refractivity contribution < 1.29 is 13.6 Å². The van der Waals surface area contributed by atoms with Gasteiger partial charge in [-0.15, -0.1) is 0 Å². The Kier molecular flexibility index (Phi) is 4.43. The van der Waals surface area contributed by atoms with E-state index in [0.717, 1.165) is 6.08 Å². The van der Waals surface area contributed by atoms with Crippen molar-refractivity contribution in [1.82, 2.24) is 5.32 Å². The van der Waals surface area contributed by atoms with Crippen molar-refractivity contribution in [2.24, 2.45) is 0 Å². The van der Waals surface area contributed by atoms with Crippen LogP contribution in [-0.2, 0) is 4.79 Å². The summed E-state index contributed by atoms with van der Waals surface area (Å²) in [5, 5.41) is 2.49. The van der Waals surface area contributed by atoms with Crippen LogP contribution in [0, 0.1) is 0 Å². The smallest absolute Gasteiger partial charge is 0.262 e. The fraction of sp³-hybridized carbons (Fsp3) is 0.182. The van der Waals surface area contributed by atoms with Gasteiger partial charge in [-0.25, -0.2) is 8.78 Å². The van der Waals surface area contributed by atoms with E-state index in [1.807, 2.05) is 0 Å². The van der Waals surface area contributed by atoms with Crippen molar-refractivity contribution in [2.45, 2.75) is 12.5 Å². The van der Waals surface area contributed by atoms with Gasteiger partial charge in [-0.3, -0.25) is 4.79 Å². The highest BCUT2D eigenvalue weighted by Crippen LogP contribution is 2.23. The minimum Gasteiger partial charge on any atom is -0.340 e. The van der Waals surface area contributed by atoms with Gasteiger partial charge in [0, 0.05) is 5.02 Å². The lowest BCUT2D eigenvalue weighted by atomic mass is 10.1. The number of carbonyl (C=O) groups excluding carboxylic acids is 1. The first-order valence-electron chi connectivity index (χ1n) is 4.51. The van der Waals surface area contributed by atoms with E-state index in [4.69, 9.17) is 11.6 Å². The molecule has 0 saturated heterocycles. The Balaban J connectivity index is 2.93. The minimum atomic E-state index is -2.71. The molecule has 0 fully saturated rings. The van der Waals surface area contributed by atoms with E-state index in [-0.39, 0.29) is 5.56 Å². The van der Waals surface area contributed by atoms with Gasteiger partial charge in [0.15, 0.2) is 0 Å². The van der Waals surface area contributed by atoms with Gasteiger partial charge in [0.25, 0.3) is 6.43 Å². The third kappa shape index (κ3) is 3.31. The average Bonchev–Trinajstić information content (AvgIpc) is 2.25. The number of nitrogens with one attached hydrogen (secondary N) is 1. The largest absolute Gasteiger partial charge is 0.340 e. The van der Waals surface area contributed by atoms with Crippen LogP contribution in [0.4, 0.5) is 8.78 Å². The van der Waals surface area contributed by atoms with E-state index < -0.39 is 18.4 Å². The molecule has 0 unspecified atom stereocenters. The van der Waals surface area contributed by atoms with Crippen molar-refractivity contribution in [3.05, 3.63) is 47.5 Å². The summed E-state index contributed by atoms with van der Waals surface area (Å²) in [6.07, 6.45) is -1.76. The monoisotopic (exact) mass is 245 g/mol. The number of benzene rings is 1. The zero-order valence-electron chi connectivity index (χ0n) is 8.29. The maximum absolute atomic E-state index is 12.7. The summed E-state index contributed by atoms with van der Waals surface area (Å²) >= 11 is 5.69. The van der Waals surface area contributed by atoms with Crippen LogP contribution >= 0.6 is 11.6 Å². The van der Waals surface area contributed by atoms with Crippen LogP contribution in [0.5, 0.6) is 0 Å². The molecule has 1 aromatic rings. The van der Waals surface area contributed by atoms with Gasteiger partial charge in [-0.2, -0.15) is 0 Å². The molecule has 0 aliphatic rings. The second-order valence-corrected chi connectivity index (χ2v) is 3.52. The lowest BCUT2D eigenvalue weighted by Crippen LogP contribution is -2.31. The summed E-state index contributed by atoms with van der Waals surface area (Å²) in [6, 6.07) is 4.62. The Labute approximate surface area is 96.9 Å². The van der Waals surface area contributed by atoms with Gasteiger partial charge in [0.1, 0.15) is 6.04 Å². The zero-order valence-corrected chi connectivity index (χ0v) is 9.05. The number of hydrogen-bond donors (Lipinski definition) is 1. The third-order valence-corrected chi connectivity index (χ3v) is 2.18. The second-order valence-electron chi connectivity index (χ2n) is 3.08. The maximum Gasteiger partial charge on any atom is 0.262 e. The molecular formula is C11H10ClF2NO. The van der Waals surface area contributed by atoms with Gasteiger partial charge in [-0.1, -0.05) is 30.3 Å². The number of amides is 1. The van der Waals surface area contributed by atoms with Crippen LogP contribution in [0.3, 0.4) is 0 Å². The maximum atomic E-state index is 12.7. The molecule has 0 saturated carbocycles. The van der Waals surface area contributed by atoms with Crippen molar-refractivity contribution >= 4 is 17.5 Å². The van der Waals surface area contributed by atoms with Gasteiger partial charge in [0.2, 0.25) is 5.91 Å². The molecule has 5 heteroatoms. The molecular weight excluding hydrogens is 236 g/mol. The lowest BCUT2D eigenvalue weighted by molar-refractivity contribution is -0.118. The fourth-order valence-electron chi connectivity index (χ4n) is 1.20. The number of alkyl halides is 2. The Hall–Kier alpha value is -1.42. The fourth-order valence-corrected chi connectivity index (χ4v) is 1.40. The highest BCUT2D eigenvalue weighted by Gasteiger charge is 2.23. The predicted molar refractivity (Wildman–Crippen MR) is 58.5 cm³/mol.